The van der Waals surface area contributed by atoms with Crippen LogP contribution in [0.1, 0.15) is 29.3 Å². The molecule has 0 saturated heterocycles. The van der Waals surface area contributed by atoms with Crippen LogP contribution in [0.4, 0.5) is 24.5 Å². The van der Waals surface area contributed by atoms with Crippen molar-refractivity contribution >= 4 is 33.2 Å². The van der Waals surface area contributed by atoms with Crippen LogP contribution in [0.15, 0.2) is 83.8 Å². The molecule has 11 heteroatoms. The van der Waals surface area contributed by atoms with E-state index in [4.69, 9.17) is 0 Å². The molecule has 0 unspecified atom stereocenters. The van der Waals surface area contributed by atoms with Gasteiger partial charge >= 0.3 is 6.18 Å². The van der Waals surface area contributed by atoms with Crippen LogP contribution >= 0.6 is 0 Å². The first-order chi connectivity index (χ1) is 17.0. The summed E-state index contributed by atoms with van der Waals surface area (Å²) in [4.78, 5) is 25.2. The summed E-state index contributed by atoms with van der Waals surface area (Å²) in [5, 5.41) is 5.20. The number of halogens is 3. The molecule has 0 bridgehead atoms. The first kappa shape index (κ1) is 26.7. The van der Waals surface area contributed by atoms with Crippen molar-refractivity contribution in [3.63, 3.8) is 0 Å². The quantitative estimate of drug-likeness (QED) is 0.429. The highest BCUT2D eigenvalue weighted by atomic mass is 32.2. The molecule has 3 rings (SSSR count). The van der Waals surface area contributed by atoms with E-state index in [1.54, 1.807) is 18.2 Å². The normalized spacial score (nSPS) is 11.6. The molecule has 3 aromatic rings. The van der Waals surface area contributed by atoms with Crippen LogP contribution in [0, 0.1) is 0 Å². The van der Waals surface area contributed by atoms with Crippen LogP contribution in [0.2, 0.25) is 0 Å². The van der Waals surface area contributed by atoms with Gasteiger partial charge in [-0.1, -0.05) is 43.3 Å². The second-order valence-electron chi connectivity index (χ2n) is 7.72. The topological polar surface area (TPSA) is 95.6 Å². The Labute approximate surface area is 207 Å². The Balaban J connectivity index is 1.97. The Hall–Kier alpha value is -3.86. The minimum Gasteiger partial charge on any atom is -0.352 e. The summed E-state index contributed by atoms with van der Waals surface area (Å²) in [6.45, 7) is 1.46. The number of hydrogen-bond donors (Lipinski definition) is 2. The Bertz CT molecular complexity index is 1330. The average Bonchev–Trinajstić information content (AvgIpc) is 2.86. The van der Waals surface area contributed by atoms with Crippen molar-refractivity contribution in [3.05, 3.63) is 90.0 Å². The summed E-state index contributed by atoms with van der Waals surface area (Å²) in [7, 11) is -4.42. The molecule has 3 aromatic carbocycles. The third-order valence-electron chi connectivity index (χ3n) is 5.06. The molecule has 2 amide bonds. The van der Waals surface area contributed by atoms with E-state index in [1.807, 2.05) is 6.92 Å². The average molecular weight is 520 g/mol. The van der Waals surface area contributed by atoms with Gasteiger partial charge in [0, 0.05) is 6.54 Å². The maximum Gasteiger partial charge on any atom is 0.416 e. The van der Waals surface area contributed by atoms with Gasteiger partial charge in [-0.3, -0.25) is 13.9 Å². The highest BCUT2D eigenvalue weighted by Gasteiger charge is 2.33. The summed E-state index contributed by atoms with van der Waals surface area (Å²) in [5.41, 5.74) is -1.10. The van der Waals surface area contributed by atoms with Gasteiger partial charge in [0.15, 0.2) is 0 Å². The van der Waals surface area contributed by atoms with E-state index in [2.05, 4.69) is 10.6 Å². The fourth-order valence-electron chi connectivity index (χ4n) is 3.32. The number of nitrogens with zero attached hydrogens (tertiary/aromatic N) is 1. The number of para-hydroxylation sites is 1. The lowest BCUT2D eigenvalue weighted by atomic mass is 10.1. The van der Waals surface area contributed by atoms with E-state index in [1.165, 1.54) is 42.5 Å². The number of alkyl halides is 3. The second-order valence-corrected chi connectivity index (χ2v) is 9.58. The van der Waals surface area contributed by atoms with Gasteiger partial charge in [-0.05, 0) is 48.9 Å². The van der Waals surface area contributed by atoms with Gasteiger partial charge in [0.05, 0.1) is 27.4 Å². The van der Waals surface area contributed by atoms with Gasteiger partial charge in [0.25, 0.3) is 15.9 Å². The zero-order chi connectivity index (χ0) is 26.3. The van der Waals surface area contributed by atoms with Crippen LogP contribution in [0.5, 0.6) is 0 Å². The number of nitrogens with one attached hydrogen (secondary N) is 2. The Morgan fingerprint density at radius 1 is 0.917 bits per heavy atom. The molecule has 0 fully saturated rings. The molecule has 2 N–H and O–H groups in total. The smallest absolute Gasteiger partial charge is 0.352 e. The summed E-state index contributed by atoms with van der Waals surface area (Å²) in [6.07, 6.45) is -4.02. The number of amides is 2. The molecular weight excluding hydrogens is 495 g/mol. The number of hydrogen-bond acceptors (Lipinski definition) is 4. The zero-order valence-electron chi connectivity index (χ0n) is 19.2. The Kier molecular flexibility index (Phi) is 8.36. The predicted octanol–water partition coefficient (Wildman–Crippen LogP) is 4.68. The molecule has 7 nitrogen and oxygen atoms in total. The second kappa shape index (κ2) is 11.3. The molecule has 0 aliphatic rings. The highest BCUT2D eigenvalue weighted by molar-refractivity contribution is 7.92. The highest BCUT2D eigenvalue weighted by Crippen LogP contribution is 2.33. The van der Waals surface area contributed by atoms with Crippen LogP contribution in [0.25, 0.3) is 0 Å². The summed E-state index contributed by atoms with van der Waals surface area (Å²) in [5.74, 6) is -1.28. The van der Waals surface area contributed by atoms with E-state index in [-0.39, 0.29) is 21.8 Å². The maximum atomic E-state index is 13.4. The molecule has 190 valence electrons. The minimum atomic E-state index is -4.72. The largest absolute Gasteiger partial charge is 0.416 e. The molecule has 0 atom stereocenters. The van der Waals surface area contributed by atoms with Crippen molar-refractivity contribution in [2.75, 3.05) is 22.7 Å². The van der Waals surface area contributed by atoms with E-state index in [9.17, 15) is 31.2 Å². The fourth-order valence-corrected chi connectivity index (χ4v) is 4.75. The fraction of sp³-hybridized carbons (Fsp3) is 0.200. The van der Waals surface area contributed by atoms with Crippen molar-refractivity contribution in [2.24, 2.45) is 0 Å². The van der Waals surface area contributed by atoms with E-state index in [0.29, 0.717) is 23.3 Å². The molecule has 0 aliphatic heterocycles. The lowest BCUT2D eigenvalue weighted by Crippen LogP contribution is -2.38. The number of carbonyl (C=O) groups excluding carboxylic acids is 2. The van der Waals surface area contributed by atoms with Gasteiger partial charge in [-0.25, -0.2) is 8.42 Å². The lowest BCUT2D eigenvalue weighted by Gasteiger charge is -2.25. The summed E-state index contributed by atoms with van der Waals surface area (Å²) < 4.78 is 67.3. The SMILES string of the molecule is CCCNC(=O)c1ccccc1NC(=O)CN(c1cccc(C(F)(F)F)c1)S(=O)(=O)c1ccccc1. The van der Waals surface area contributed by atoms with Crippen molar-refractivity contribution in [2.45, 2.75) is 24.4 Å². The molecule has 0 saturated carbocycles. The third-order valence-corrected chi connectivity index (χ3v) is 6.85. The zero-order valence-corrected chi connectivity index (χ0v) is 20.1. The van der Waals surface area contributed by atoms with Crippen molar-refractivity contribution in [1.82, 2.24) is 5.32 Å². The van der Waals surface area contributed by atoms with Crippen LogP contribution in [-0.2, 0) is 21.0 Å². The van der Waals surface area contributed by atoms with Crippen LogP contribution in [-0.4, -0.2) is 33.3 Å². The summed E-state index contributed by atoms with van der Waals surface area (Å²) >= 11 is 0. The molecule has 0 aromatic heterocycles. The number of benzene rings is 3. The van der Waals surface area contributed by atoms with E-state index >= 15 is 0 Å². The minimum absolute atomic E-state index is 0.136. The van der Waals surface area contributed by atoms with Gasteiger partial charge in [-0.2, -0.15) is 13.2 Å². The molecule has 0 aliphatic carbocycles. The standard InChI is InChI=1S/C25H24F3N3O4S/c1-2-15-29-24(33)21-13-6-7-14-22(21)30-23(32)17-31(36(34,35)20-11-4-3-5-12-20)19-10-8-9-18(16-19)25(26,27)28/h3-14,16H,2,15,17H2,1H3,(H,29,33)(H,30,32). The van der Waals surface area contributed by atoms with Crippen molar-refractivity contribution in [1.29, 1.82) is 0 Å². The first-order valence-electron chi connectivity index (χ1n) is 11.0. The predicted molar refractivity (Wildman–Crippen MR) is 130 cm³/mol. The van der Waals surface area contributed by atoms with Crippen molar-refractivity contribution < 1.29 is 31.2 Å². The van der Waals surface area contributed by atoms with E-state index in [0.717, 1.165) is 12.1 Å². The van der Waals surface area contributed by atoms with Gasteiger partial charge < -0.3 is 10.6 Å². The van der Waals surface area contributed by atoms with Crippen LogP contribution in [0.3, 0.4) is 0 Å². The lowest BCUT2D eigenvalue weighted by molar-refractivity contribution is -0.137. The monoisotopic (exact) mass is 519 g/mol. The van der Waals surface area contributed by atoms with Crippen molar-refractivity contribution in [3.8, 4) is 0 Å². The number of carbonyl (C=O) groups is 2. The van der Waals surface area contributed by atoms with Gasteiger partial charge in [0.1, 0.15) is 6.54 Å². The number of anilines is 2. The molecule has 0 heterocycles. The number of rotatable bonds is 9. The van der Waals surface area contributed by atoms with E-state index < -0.39 is 40.1 Å². The van der Waals surface area contributed by atoms with Crippen LogP contribution < -0.4 is 14.9 Å². The van der Waals surface area contributed by atoms with Gasteiger partial charge in [-0.15, -0.1) is 0 Å². The maximum absolute atomic E-state index is 13.4. The molecule has 0 radical (unpaired) electrons. The third kappa shape index (κ3) is 6.42. The summed E-state index contributed by atoms with van der Waals surface area (Å²) in [6, 6.07) is 16.9. The first-order valence-corrected chi connectivity index (χ1v) is 12.4. The molecule has 0 spiro atoms. The Morgan fingerprint density at radius 3 is 2.25 bits per heavy atom. The Morgan fingerprint density at radius 2 is 1.58 bits per heavy atom. The van der Waals surface area contributed by atoms with Gasteiger partial charge in [0.2, 0.25) is 5.91 Å². The molecular formula is C25H24F3N3O4S. The molecule has 36 heavy (non-hydrogen) atoms. The number of sulfonamides is 1.